The number of hydrogen-bond acceptors (Lipinski definition) is 2. The maximum absolute atomic E-state index is 4.35. The van der Waals surface area contributed by atoms with E-state index in [9.17, 15) is 0 Å². The van der Waals surface area contributed by atoms with Crippen molar-refractivity contribution >= 4 is 10.9 Å². The molecule has 0 aliphatic carbocycles. The summed E-state index contributed by atoms with van der Waals surface area (Å²) >= 11 is 0. The Morgan fingerprint density at radius 1 is 1.21 bits per heavy atom. The topological polar surface area (TPSA) is 24.9 Å². The maximum Gasteiger partial charge on any atom is 0.0702 e. The minimum atomic E-state index is 0.594. The molecule has 2 nitrogen and oxygen atoms in total. The molecule has 2 aromatic rings. The van der Waals surface area contributed by atoms with Crippen molar-refractivity contribution in [3.63, 3.8) is 0 Å². The molecule has 1 aromatic carbocycles. The number of aromatic nitrogens is 1. The van der Waals surface area contributed by atoms with Crippen molar-refractivity contribution in [2.75, 3.05) is 0 Å². The van der Waals surface area contributed by atoms with Crippen molar-refractivity contribution in [1.82, 2.24) is 10.3 Å². The van der Waals surface area contributed by atoms with E-state index in [2.05, 4.69) is 48.4 Å². The fraction of sp³-hybridized carbons (Fsp3) is 0.471. The molecule has 102 valence electrons. The van der Waals surface area contributed by atoms with Crippen LogP contribution in [0.4, 0.5) is 0 Å². The van der Waals surface area contributed by atoms with E-state index in [1.807, 2.05) is 12.3 Å². The lowest BCUT2D eigenvalue weighted by Crippen LogP contribution is -2.25. The van der Waals surface area contributed by atoms with Gasteiger partial charge in [0.2, 0.25) is 0 Å². The number of nitrogens with zero attached hydrogens (tertiary/aromatic N) is 1. The minimum Gasteiger partial charge on any atom is -0.310 e. The summed E-state index contributed by atoms with van der Waals surface area (Å²) < 4.78 is 0. The van der Waals surface area contributed by atoms with E-state index in [1.165, 1.54) is 36.6 Å². The highest BCUT2D eigenvalue weighted by molar-refractivity contribution is 5.78. The number of rotatable bonds is 7. The molecular formula is C17H24N2. The van der Waals surface area contributed by atoms with E-state index < -0.39 is 0 Å². The normalized spacial score (nSPS) is 12.7. The summed E-state index contributed by atoms with van der Waals surface area (Å²) in [5, 5.41) is 4.82. The molecule has 1 unspecified atom stereocenters. The second-order valence-electron chi connectivity index (χ2n) is 5.31. The summed E-state index contributed by atoms with van der Waals surface area (Å²) in [6, 6.07) is 11.2. The quantitative estimate of drug-likeness (QED) is 0.747. The van der Waals surface area contributed by atoms with Crippen molar-refractivity contribution < 1.29 is 0 Å². The van der Waals surface area contributed by atoms with E-state index in [0.29, 0.717) is 6.04 Å². The molecule has 1 N–H and O–H groups in total. The molecule has 0 spiro atoms. The van der Waals surface area contributed by atoms with Gasteiger partial charge in [0.05, 0.1) is 5.52 Å². The predicted molar refractivity (Wildman–Crippen MR) is 82.2 cm³/mol. The molecule has 0 amide bonds. The number of pyridine rings is 1. The Balaban J connectivity index is 1.87. The third kappa shape index (κ3) is 4.32. The molecular weight excluding hydrogens is 232 g/mol. The molecule has 0 radical (unpaired) electrons. The number of benzene rings is 1. The second-order valence-corrected chi connectivity index (χ2v) is 5.31. The van der Waals surface area contributed by atoms with Gasteiger partial charge in [-0.1, -0.05) is 38.3 Å². The Bertz CT molecular complexity index is 507. The zero-order chi connectivity index (χ0) is 13.5. The first-order valence-corrected chi connectivity index (χ1v) is 7.36. The van der Waals surface area contributed by atoms with Crippen molar-refractivity contribution in [3.05, 3.63) is 42.1 Å². The Labute approximate surface area is 116 Å². The zero-order valence-electron chi connectivity index (χ0n) is 12.0. The highest BCUT2D eigenvalue weighted by Crippen LogP contribution is 2.13. The van der Waals surface area contributed by atoms with Gasteiger partial charge >= 0.3 is 0 Å². The standard InChI is InChI=1S/C17H24N2/c1-3-4-5-7-14(2)19-13-15-9-10-17-16(12-15)8-6-11-18-17/h6,8-12,14,19H,3-5,7,13H2,1-2H3. The molecule has 0 fully saturated rings. The van der Waals surface area contributed by atoms with Crippen LogP contribution in [0.15, 0.2) is 36.5 Å². The molecule has 19 heavy (non-hydrogen) atoms. The highest BCUT2D eigenvalue weighted by Gasteiger charge is 2.02. The van der Waals surface area contributed by atoms with E-state index in [-0.39, 0.29) is 0 Å². The first kappa shape index (κ1) is 14.0. The van der Waals surface area contributed by atoms with Crippen LogP contribution in [0.1, 0.15) is 45.1 Å². The van der Waals surface area contributed by atoms with Gasteiger partial charge < -0.3 is 5.32 Å². The Morgan fingerprint density at radius 3 is 2.95 bits per heavy atom. The molecule has 0 saturated heterocycles. The van der Waals surface area contributed by atoms with Gasteiger partial charge in [0.1, 0.15) is 0 Å². The summed E-state index contributed by atoms with van der Waals surface area (Å²) in [4.78, 5) is 4.35. The molecule has 2 rings (SSSR count). The van der Waals surface area contributed by atoms with Gasteiger partial charge in [-0.05, 0) is 37.1 Å². The summed E-state index contributed by atoms with van der Waals surface area (Å²) in [5.74, 6) is 0. The van der Waals surface area contributed by atoms with E-state index in [1.54, 1.807) is 0 Å². The van der Waals surface area contributed by atoms with Crippen LogP contribution < -0.4 is 5.32 Å². The molecule has 1 heterocycles. The van der Waals surface area contributed by atoms with E-state index in [0.717, 1.165) is 12.1 Å². The van der Waals surface area contributed by atoms with Gasteiger partial charge in [-0.3, -0.25) is 4.98 Å². The number of hydrogen-bond donors (Lipinski definition) is 1. The average Bonchev–Trinajstić information content (AvgIpc) is 2.45. The van der Waals surface area contributed by atoms with Crippen molar-refractivity contribution in [2.24, 2.45) is 0 Å². The van der Waals surface area contributed by atoms with Gasteiger partial charge in [-0.2, -0.15) is 0 Å². The van der Waals surface area contributed by atoms with Crippen LogP contribution in [0.25, 0.3) is 10.9 Å². The van der Waals surface area contributed by atoms with Crippen LogP contribution in [0.3, 0.4) is 0 Å². The molecule has 1 aromatic heterocycles. The first-order valence-electron chi connectivity index (χ1n) is 7.36. The molecule has 0 bridgehead atoms. The lowest BCUT2D eigenvalue weighted by atomic mass is 10.1. The SMILES string of the molecule is CCCCCC(C)NCc1ccc2ncccc2c1. The smallest absolute Gasteiger partial charge is 0.0702 e. The zero-order valence-corrected chi connectivity index (χ0v) is 12.0. The third-order valence-corrected chi connectivity index (χ3v) is 3.56. The Morgan fingerprint density at radius 2 is 2.11 bits per heavy atom. The van der Waals surface area contributed by atoms with Crippen LogP contribution in [-0.4, -0.2) is 11.0 Å². The van der Waals surface area contributed by atoms with Crippen molar-refractivity contribution in [2.45, 2.75) is 52.1 Å². The predicted octanol–water partition coefficient (Wildman–Crippen LogP) is 4.29. The van der Waals surface area contributed by atoms with Crippen LogP contribution >= 0.6 is 0 Å². The lowest BCUT2D eigenvalue weighted by Gasteiger charge is -2.13. The van der Waals surface area contributed by atoms with Gasteiger partial charge in [0.25, 0.3) is 0 Å². The summed E-state index contributed by atoms with van der Waals surface area (Å²) in [6.07, 6.45) is 7.07. The number of fused-ring (bicyclic) bond motifs is 1. The summed E-state index contributed by atoms with van der Waals surface area (Å²) in [5.41, 5.74) is 2.41. The van der Waals surface area contributed by atoms with E-state index >= 15 is 0 Å². The molecule has 0 aliphatic heterocycles. The molecule has 1 atom stereocenters. The van der Waals surface area contributed by atoms with Crippen LogP contribution in [0.2, 0.25) is 0 Å². The highest BCUT2D eigenvalue weighted by atomic mass is 14.9. The van der Waals surface area contributed by atoms with Crippen LogP contribution in [0.5, 0.6) is 0 Å². The largest absolute Gasteiger partial charge is 0.310 e. The van der Waals surface area contributed by atoms with Gasteiger partial charge in [-0.25, -0.2) is 0 Å². The fourth-order valence-corrected chi connectivity index (χ4v) is 2.33. The monoisotopic (exact) mass is 256 g/mol. The minimum absolute atomic E-state index is 0.594. The third-order valence-electron chi connectivity index (χ3n) is 3.56. The summed E-state index contributed by atoms with van der Waals surface area (Å²) in [7, 11) is 0. The number of nitrogens with one attached hydrogen (secondary N) is 1. The average molecular weight is 256 g/mol. The summed E-state index contributed by atoms with van der Waals surface area (Å²) in [6.45, 7) is 5.47. The van der Waals surface area contributed by atoms with Crippen molar-refractivity contribution in [1.29, 1.82) is 0 Å². The Hall–Kier alpha value is -1.41. The maximum atomic E-state index is 4.35. The van der Waals surface area contributed by atoms with Crippen molar-refractivity contribution in [3.8, 4) is 0 Å². The number of unbranched alkanes of at least 4 members (excludes halogenated alkanes) is 2. The van der Waals surface area contributed by atoms with Gasteiger partial charge in [0, 0.05) is 24.2 Å². The van der Waals surface area contributed by atoms with Gasteiger partial charge in [0.15, 0.2) is 0 Å². The molecule has 2 heteroatoms. The Kier molecular flexibility index (Phi) is 5.34. The molecule has 0 aliphatic rings. The first-order chi connectivity index (χ1) is 9.29. The van der Waals surface area contributed by atoms with Crippen LogP contribution in [-0.2, 0) is 6.54 Å². The fourth-order valence-electron chi connectivity index (χ4n) is 2.33. The second kappa shape index (κ2) is 7.25. The van der Waals surface area contributed by atoms with Crippen LogP contribution in [0, 0.1) is 0 Å². The lowest BCUT2D eigenvalue weighted by molar-refractivity contribution is 0.487. The van der Waals surface area contributed by atoms with Gasteiger partial charge in [-0.15, -0.1) is 0 Å². The molecule has 0 saturated carbocycles. The van der Waals surface area contributed by atoms with E-state index in [4.69, 9.17) is 0 Å².